The molecule has 10 nitrogen and oxygen atoms in total. The third-order valence-corrected chi connectivity index (χ3v) is 3.78. The number of alkyl halides is 1. The molecule has 1 fully saturated rings. The molecular weight excluding hydrogens is 304 g/mol. The Balaban J connectivity index is 1.89. The van der Waals surface area contributed by atoms with E-state index in [1.54, 1.807) is 0 Å². The standard InChI is InChI=1S/C10H15ClN6O4/c11-10(13)6-7(15-9(12)16-10)17(2-14-6)8-5(20)4(19)3(1-18)21-8/h3-5,8,18-20H,1-2,13H2,(H2,12,16)/t3-,4-,5-,8-,10?/m1/s1. The molecular formula is C10H15ClN6O4. The molecule has 0 aromatic rings. The van der Waals surface area contributed by atoms with Crippen molar-refractivity contribution in [3.63, 3.8) is 0 Å². The molecule has 0 amide bonds. The summed E-state index contributed by atoms with van der Waals surface area (Å²) in [6, 6.07) is 0. The van der Waals surface area contributed by atoms with Crippen molar-refractivity contribution in [1.29, 1.82) is 0 Å². The van der Waals surface area contributed by atoms with E-state index in [2.05, 4.69) is 15.0 Å². The Labute approximate surface area is 124 Å². The monoisotopic (exact) mass is 318 g/mol. The number of hydrogen-bond acceptors (Lipinski definition) is 10. The number of amidine groups is 1. The molecule has 21 heavy (non-hydrogen) atoms. The zero-order valence-corrected chi connectivity index (χ0v) is 11.6. The number of ether oxygens (including phenoxy) is 1. The fraction of sp³-hybridized carbons (Fsp3) is 0.700. The van der Waals surface area contributed by atoms with Crippen molar-refractivity contribution in [1.82, 2.24) is 4.90 Å². The molecule has 3 heterocycles. The summed E-state index contributed by atoms with van der Waals surface area (Å²) in [5, 5.41) is 27.3. The van der Waals surface area contributed by atoms with Crippen LogP contribution in [0.1, 0.15) is 0 Å². The first kappa shape index (κ1) is 14.6. The van der Waals surface area contributed by atoms with Gasteiger partial charge in [0.2, 0.25) is 11.1 Å². The molecule has 0 aromatic heterocycles. The molecule has 0 bridgehead atoms. The Morgan fingerprint density at radius 3 is 2.76 bits per heavy atom. The third kappa shape index (κ3) is 2.20. The fourth-order valence-corrected chi connectivity index (χ4v) is 2.73. The molecule has 3 rings (SSSR count). The maximum atomic E-state index is 10.0. The molecule has 5 atom stereocenters. The number of halogens is 1. The van der Waals surface area contributed by atoms with Gasteiger partial charge in [0.25, 0.3) is 0 Å². The van der Waals surface area contributed by atoms with Crippen molar-refractivity contribution < 1.29 is 20.1 Å². The number of nitrogens with two attached hydrogens (primary N) is 2. The van der Waals surface area contributed by atoms with Crippen molar-refractivity contribution >= 4 is 29.1 Å². The van der Waals surface area contributed by atoms with Crippen molar-refractivity contribution in [2.45, 2.75) is 29.7 Å². The van der Waals surface area contributed by atoms with Crippen molar-refractivity contribution in [3.8, 4) is 0 Å². The molecule has 11 heteroatoms. The molecule has 1 saturated heterocycles. The van der Waals surface area contributed by atoms with Crippen LogP contribution in [0.5, 0.6) is 0 Å². The van der Waals surface area contributed by atoms with Crippen molar-refractivity contribution in [2.24, 2.45) is 26.4 Å². The summed E-state index contributed by atoms with van der Waals surface area (Å²) in [7, 11) is 0. The van der Waals surface area contributed by atoms with Crippen LogP contribution in [0.25, 0.3) is 0 Å². The summed E-state index contributed by atoms with van der Waals surface area (Å²) in [5.41, 5.74) is 11.6. The van der Waals surface area contributed by atoms with E-state index in [0.717, 1.165) is 0 Å². The van der Waals surface area contributed by atoms with Crippen molar-refractivity contribution in [3.05, 3.63) is 0 Å². The number of aliphatic imine (C=N–C) groups is 3. The lowest BCUT2D eigenvalue weighted by molar-refractivity contribution is -0.0688. The van der Waals surface area contributed by atoms with Crippen LogP contribution in [0.15, 0.2) is 15.0 Å². The van der Waals surface area contributed by atoms with Gasteiger partial charge in [0.05, 0.1) is 6.61 Å². The number of guanidine groups is 1. The van der Waals surface area contributed by atoms with Gasteiger partial charge in [0.1, 0.15) is 30.7 Å². The highest BCUT2D eigenvalue weighted by molar-refractivity contribution is 6.57. The van der Waals surface area contributed by atoms with Gasteiger partial charge in [0.15, 0.2) is 12.1 Å². The van der Waals surface area contributed by atoms with Crippen LogP contribution in [0.2, 0.25) is 0 Å². The maximum Gasteiger partial charge on any atom is 0.234 e. The average molecular weight is 319 g/mol. The smallest absolute Gasteiger partial charge is 0.234 e. The van der Waals surface area contributed by atoms with E-state index < -0.39 is 36.3 Å². The number of nitrogens with zero attached hydrogens (tertiary/aromatic N) is 4. The predicted octanol–water partition coefficient (Wildman–Crippen LogP) is -3.28. The van der Waals surface area contributed by atoms with Crippen molar-refractivity contribution in [2.75, 3.05) is 13.3 Å². The summed E-state index contributed by atoms with van der Waals surface area (Å²) in [4.78, 5) is 13.4. The maximum absolute atomic E-state index is 10.0. The fourth-order valence-electron chi connectivity index (χ4n) is 2.50. The Morgan fingerprint density at radius 1 is 1.43 bits per heavy atom. The van der Waals surface area contributed by atoms with Gasteiger partial charge < -0.3 is 30.7 Å². The molecule has 0 radical (unpaired) electrons. The quantitative estimate of drug-likeness (QED) is 0.263. The van der Waals surface area contributed by atoms with E-state index in [0.29, 0.717) is 0 Å². The summed E-state index contributed by atoms with van der Waals surface area (Å²) in [6.07, 6.45) is -4.32. The zero-order chi connectivity index (χ0) is 15.4. The highest BCUT2D eigenvalue weighted by Crippen LogP contribution is 2.30. The van der Waals surface area contributed by atoms with Crippen LogP contribution in [-0.4, -0.2) is 80.7 Å². The molecule has 116 valence electrons. The zero-order valence-electron chi connectivity index (χ0n) is 10.8. The largest absolute Gasteiger partial charge is 0.394 e. The predicted molar refractivity (Wildman–Crippen MR) is 73.7 cm³/mol. The number of aliphatic hydroxyl groups is 3. The molecule has 3 aliphatic heterocycles. The minimum atomic E-state index is -1.63. The number of aliphatic hydroxyl groups excluding tert-OH is 3. The first-order valence-electron chi connectivity index (χ1n) is 6.21. The van der Waals surface area contributed by atoms with Crippen LogP contribution in [0, 0.1) is 0 Å². The lowest BCUT2D eigenvalue weighted by Crippen LogP contribution is -2.54. The summed E-state index contributed by atoms with van der Waals surface area (Å²) < 4.78 is 5.43. The number of hydrogen-bond donors (Lipinski definition) is 5. The molecule has 1 unspecified atom stereocenters. The first-order valence-corrected chi connectivity index (χ1v) is 6.59. The van der Waals surface area contributed by atoms with E-state index in [4.69, 9.17) is 32.9 Å². The van der Waals surface area contributed by atoms with Crippen LogP contribution < -0.4 is 11.5 Å². The molecule has 0 aromatic carbocycles. The summed E-state index contributed by atoms with van der Waals surface area (Å²) >= 11 is 6.04. The van der Waals surface area contributed by atoms with Gasteiger partial charge in [-0.15, -0.1) is 0 Å². The Bertz CT molecular complexity index is 550. The van der Waals surface area contributed by atoms with E-state index in [1.807, 2.05) is 0 Å². The summed E-state index contributed by atoms with van der Waals surface area (Å²) in [6.45, 7) is -0.363. The highest BCUT2D eigenvalue weighted by atomic mass is 35.5. The lowest BCUT2D eigenvalue weighted by Gasteiger charge is -2.30. The van der Waals surface area contributed by atoms with Gasteiger partial charge in [-0.25, -0.2) is 4.99 Å². The SMILES string of the molecule is NC1=NC(N)(Cl)C2=NCN([C@@H]3O[C@H](CO)[C@@H](O)[C@H]3O)C2=N1. The van der Waals surface area contributed by atoms with Gasteiger partial charge in [-0.2, -0.15) is 4.99 Å². The van der Waals surface area contributed by atoms with Gasteiger partial charge >= 0.3 is 0 Å². The van der Waals surface area contributed by atoms with E-state index >= 15 is 0 Å². The van der Waals surface area contributed by atoms with Gasteiger partial charge in [-0.1, -0.05) is 11.6 Å². The van der Waals surface area contributed by atoms with E-state index in [9.17, 15) is 10.2 Å². The first-order chi connectivity index (χ1) is 9.85. The van der Waals surface area contributed by atoms with Crippen LogP contribution >= 0.6 is 11.6 Å². The Hall–Kier alpha value is -1.30. The average Bonchev–Trinajstić information content (AvgIpc) is 2.93. The highest BCUT2D eigenvalue weighted by Gasteiger charge is 2.50. The van der Waals surface area contributed by atoms with Crippen LogP contribution in [0.4, 0.5) is 0 Å². The molecule has 7 N–H and O–H groups in total. The van der Waals surface area contributed by atoms with Gasteiger partial charge in [-0.05, 0) is 0 Å². The van der Waals surface area contributed by atoms with E-state index in [1.165, 1.54) is 4.90 Å². The van der Waals surface area contributed by atoms with E-state index in [-0.39, 0.29) is 24.2 Å². The Morgan fingerprint density at radius 2 is 2.14 bits per heavy atom. The van der Waals surface area contributed by atoms with Crippen LogP contribution in [0.3, 0.4) is 0 Å². The lowest BCUT2D eigenvalue weighted by atomic mass is 10.1. The molecule has 0 spiro atoms. The summed E-state index contributed by atoms with van der Waals surface area (Å²) in [5.74, 6) is 0.106. The number of rotatable bonds is 2. The second-order valence-corrected chi connectivity index (χ2v) is 5.50. The van der Waals surface area contributed by atoms with Crippen LogP contribution in [-0.2, 0) is 4.74 Å². The minimum absolute atomic E-state index is 0.0647. The molecule has 3 aliphatic rings. The number of fused-ring (bicyclic) bond motifs is 1. The molecule has 0 saturated carbocycles. The molecule has 0 aliphatic carbocycles. The van der Waals surface area contributed by atoms with Gasteiger partial charge in [0, 0.05) is 0 Å². The second-order valence-electron chi connectivity index (χ2n) is 4.93. The second kappa shape index (κ2) is 4.87. The minimum Gasteiger partial charge on any atom is -0.394 e. The normalized spacial score (nSPS) is 42.5. The Kier molecular flexibility index (Phi) is 3.39. The van der Waals surface area contributed by atoms with Gasteiger partial charge in [-0.3, -0.25) is 10.7 Å². The topological polar surface area (TPSA) is 162 Å². The third-order valence-electron chi connectivity index (χ3n) is 3.52.